The molecule has 2 saturated heterocycles. The first-order valence-corrected chi connectivity index (χ1v) is 12.6. The maximum Gasteiger partial charge on any atom is 0.332 e. The Morgan fingerprint density at radius 3 is 1.85 bits per heavy atom. The van der Waals surface area contributed by atoms with Crippen LogP contribution in [0.1, 0.15) is 49.9 Å². The van der Waals surface area contributed by atoms with Crippen molar-refractivity contribution in [1.29, 1.82) is 0 Å². The van der Waals surface area contributed by atoms with Crippen molar-refractivity contribution in [3.05, 3.63) is 32.2 Å². The first-order valence-electron chi connectivity index (χ1n) is 12.6. The van der Waals surface area contributed by atoms with E-state index in [0.717, 1.165) is 63.0 Å². The summed E-state index contributed by atoms with van der Waals surface area (Å²) in [6.07, 6.45) is 7.52. The number of hydrogen-bond donors (Lipinski definition) is 0. The Morgan fingerprint density at radius 2 is 1.27 bits per heavy atom. The minimum absolute atomic E-state index is 0.228. The quantitative estimate of drug-likeness (QED) is 0.566. The number of piperidine rings is 2. The largest absolute Gasteiger partial charge is 0.332 e. The Balaban J connectivity index is 1.53. The van der Waals surface area contributed by atoms with E-state index in [-0.39, 0.29) is 11.2 Å². The standard InChI is InChI=1S/C24H37N7O2/c1-18-19(2)31-20-21(25-23(31)29(18)16-14-27-10-6-4-7-11-27)26(3)24(33)30(22(20)32)17-15-28-12-8-5-9-13-28/h4-17H2,1-3H3. The van der Waals surface area contributed by atoms with Crippen molar-refractivity contribution in [2.45, 2.75) is 65.5 Å². The zero-order valence-electron chi connectivity index (χ0n) is 20.3. The first-order chi connectivity index (χ1) is 16.0. The van der Waals surface area contributed by atoms with Crippen molar-refractivity contribution in [2.75, 3.05) is 39.3 Å². The summed E-state index contributed by atoms with van der Waals surface area (Å²) in [7, 11) is 1.73. The van der Waals surface area contributed by atoms with E-state index in [2.05, 4.69) is 21.3 Å². The molecule has 0 atom stereocenters. The minimum atomic E-state index is -0.278. The molecule has 0 aliphatic carbocycles. The van der Waals surface area contributed by atoms with Gasteiger partial charge in [-0.1, -0.05) is 12.8 Å². The second-order valence-electron chi connectivity index (χ2n) is 9.84. The molecular weight excluding hydrogens is 418 g/mol. The molecule has 0 saturated carbocycles. The van der Waals surface area contributed by atoms with E-state index in [0.29, 0.717) is 17.7 Å². The van der Waals surface area contributed by atoms with Crippen LogP contribution in [0.2, 0.25) is 0 Å². The molecular formula is C24H37N7O2. The van der Waals surface area contributed by atoms with Crippen LogP contribution < -0.4 is 11.2 Å². The molecule has 3 aromatic rings. The van der Waals surface area contributed by atoms with Gasteiger partial charge in [0.2, 0.25) is 5.78 Å². The van der Waals surface area contributed by atoms with E-state index in [1.165, 1.54) is 43.1 Å². The molecule has 0 amide bonds. The van der Waals surface area contributed by atoms with Crippen molar-refractivity contribution in [1.82, 2.24) is 32.9 Å². The molecule has 5 rings (SSSR count). The van der Waals surface area contributed by atoms with Crippen molar-refractivity contribution in [2.24, 2.45) is 7.05 Å². The van der Waals surface area contributed by atoms with Gasteiger partial charge < -0.3 is 14.4 Å². The van der Waals surface area contributed by atoms with Gasteiger partial charge in [0.05, 0.1) is 0 Å². The molecule has 0 radical (unpaired) electrons. The van der Waals surface area contributed by atoms with Crippen LogP contribution in [0.5, 0.6) is 0 Å². The van der Waals surface area contributed by atoms with Crippen molar-refractivity contribution in [3.8, 4) is 0 Å². The Bertz CT molecular complexity index is 1270. The van der Waals surface area contributed by atoms with Crippen molar-refractivity contribution < 1.29 is 0 Å². The molecule has 180 valence electrons. The number of likely N-dealkylation sites (tertiary alicyclic amines) is 2. The summed E-state index contributed by atoms with van der Waals surface area (Å²) in [5.41, 5.74) is 2.63. The average Bonchev–Trinajstić information content (AvgIpc) is 3.33. The third-order valence-electron chi connectivity index (χ3n) is 7.81. The molecule has 2 aliphatic heterocycles. The topological polar surface area (TPSA) is 72.7 Å². The van der Waals surface area contributed by atoms with Crippen LogP contribution in [0.15, 0.2) is 9.59 Å². The lowest BCUT2D eigenvalue weighted by molar-refractivity contribution is 0.218. The number of nitrogens with zero attached hydrogens (tertiary/aromatic N) is 7. The maximum atomic E-state index is 13.6. The van der Waals surface area contributed by atoms with Gasteiger partial charge in [-0.2, -0.15) is 4.98 Å². The normalized spacial score (nSPS) is 18.6. The van der Waals surface area contributed by atoms with E-state index < -0.39 is 0 Å². The van der Waals surface area contributed by atoms with Crippen LogP contribution in [-0.2, 0) is 20.1 Å². The Kier molecular flexibility index (Phi) is 6.18. The molecule has 0 bridgehead atoms. The van der Waals surface area contributed by atoms with Gasteiger partial charge in [0.25, 0.3) is 5.56 Å². The molecule has 2 fully saturated rings. The third-order valence-corrected chi connectivity index (χ3v) is 7.81. The van der Waals surface area contributed by atoms with Crippen LogP contribution in [0.25, 0.3) is 16.9 Å². The zero-order chi connectivity index (χ0) is 23.1. The van der Waals surface area contributed by atoms with Crippen molar-refractivity contribution >= 4 is 16.9 Å². The summed E-state index contributed by atoms with van der Waals surface area (Å²) in [4.78, 5) is 36.4. The lowest BCUT2D eigenvalue weighted by atomic mass is 10.1. The molecule has 5 heterocycles. The zero-order valence-corrected chi connectivity index (χ0v) is 20.3. The molecule has 9 heteroatoms. The van der Waals surface area contributed by atoms with E-state index in [1.54, 1.807) is 11.6 Å². The molecule has 3 aromatic heterocycles. The van der Waals surface area contributed by atoms with Crippen LogP contribution in [0.4, 0.5) is 0 Å². The highest BCUT2D eigenvalue weighted by atomic mass is 16.2. The van der Waals surface area contributed by atoms with Crippen LogP contribution in [0, 0.1) is 13.8 Å². The molecule has 0 aromatic carbocycles. The molecule has 33 heavy (non-hydrogen) atoms. The summed E-state index contributed by atoms with van der Waals surface area (Å²) in [5.74, 6) is 0.762. The van der Waals surface area contributed by atoms with E-state index in [4.69, 9.17) is 4.98 Å². The SMILES string of the molecule is Cc1c(C)n2c3c(=O)n(CCN4CCCCC4)c(=O)n(C)c3nc2n1CCN1CCCCC1. The minimum Gasteiger partial charge on any atom is -0.313 e. The van der Waals surface area contributed by atoms with Gasteiger partial charge in [-0.3, -0.25) is 18.3 Å². The van der Waals surface area contributed by atoms with Gasteiger partial charge in [0, 0.05) is 44.6 Å². The number of aryl methyl sites for hydroxylation is 2. The Labute approximate surface area is 194 Å². The maximum absolute atomic E-state index is 13.6. The second-order valence-corrected chi connectivity index (χ2v) is 9.84. The molecule has 9 nitrogen and oxygen atoms in total. The first kappa shape index (κ1) is 22.4. The highest BCUT2D eigenvalue weighted by molar-refractivity contribution is 5.76. The summed E-state index contributed by atoms with van der Waals surface area (Å²) in [6.45, 7) is 11.5. The average molecular weight is 456 g/mol. The number of hydrogen-bond acceptors (Lipinski definition) is 5. The van der Waals surface area contributed by atoms with E-state index >= 15 is 0 Å². The number of rotatable bonds is 6. The highest BCUT2D eigenvalue weighted by Gasteiger charge is 2.23. The predicted octanol–water partition coefficient (Wildman–Crippen LogP) is 1.74. The van der Waals surface area contributed by atoms with Gasteiger partial charge in [-0.25, -0.2) is 4.79 Å². The third kappa shape index (κ3) is 3.95. The van der Waals surface area contributed by atoms with Gasteiger partial charge in [-0.15, -0.1) is 0 Å². The lowest BCUT2D eigenvalue weighted by Gasteiger charge is -2.26. The number of aromatic nitrogens is 5. The number of imidazole rings is 2. The second kappa shape index (κ2) is 9.10. The van der Waals surface area contributed by atoms with Gasteiger partial charge in [0.15, 0.2) is 11.2 Å². The van der Waals surface area contributed by atoms with Gasteiger partial charge in [-0.05, 0) is 65.7 Å². The fraction of sp³-hybridized carbons (Fsp3) is 0.708. The Morgan fingerprint density at radius 1 is 0.727 bits per heavy atom. The highest BCUT2D eigenvalue weighted by Crippen LogP contribution is 2.21. The van der Waals surface area contributed by atoms with Gasteiger partial charge in [0.1, 0.15) is 0 Å². The molecule has 2 aliphatic rings. The summed E-state index contributed by atoms with van der Waals surface area (Å²) < 4.78 is 7.14. The molecule has 0 unspecified atom stereocenters. The Hall–Kier alpha value is -2.39. The van der Waals surface area contributed by atoms with E-state index in [1.807, 2.05) is 11.3 Å². The fourth-order valence-electron chi connectivity index (χ4n) is 5.63. The number of fused-ring (bicyclic) bond motifs is 3. The summed E-state index contributed by atoms with van der Waals surface area (Å²) in [6, 6.07) is 0. The lowest BCUT2D eigenvalue weighted by Crippen LogP contribution is -2.43. The van der Waals surface area contributed by atoms with Crippen LogP contribution >= 0.6 is 0 Å². The van der Waals surface area contributed by atoms with Crippen LogP contribution in [0.3, 0.4) is 0 Å². The summed E-state index contributed by atoms with van der Waals surface area (Å²) >= 11 is 0. The summed E-state index contributed by atoms with van der Waals surface area (Å²) in [5, 5.41) is 0. The molecule has 0 spiro atoms. The fourth-order valence-corrected chi connectivity index (χ4v) is 5.63. The monoisotopic (exact) mass is 455 g/mol. The van der Waals surface area contributed by atoms with Crippen LogP contribution in [-0.4, -0.2) is 72.2 Å². The van der Waals surface area contributed by atoms with Crippen molar-refractivity contribution in [3.63, 3.8) is 0 Å². The predicted molar refractivity (Wildman–Crippen MR) is 130 cm³/mol. The van der Waals surface area contributed by atoms with Gasteiger partial charge >= 0.3 is 5.69 Å². The smallest absolute Gasteiger partial charge is 0.313 e. The molecule has 0 N–H and O–H groups in total. The van der Waals surface area contributed by atoms with E-state index in [9.17, 15) is 9.59 Å².